The van der Waals surface area contributed by atoms with Crippen LogP contribution in [0, 0.1) is 16.0 Å². The number of hydrogen-bond acceptors (Lipinski definition) is 4. The van der Waals surface area contributed by atoms with Crippen LogP contribution in [0.1, 0.15) is 49.4 Å². The molecule has 0 heterocycles. The highest BCUT2D eigenvalue weighted by Gasteiger charge is 2.21. The Morgan fingerprint density at radius 3 is 2.76 bits per heavy atom. The Bertz CT molecular complexity index is 545. The molecule has 0 radical (unpaired) electrons. The minimum Gasteiger partial charge on any atom is -0.377 e. The second-order valence-electron chi connectivity index (χ2n) is 5.81. The Kier molecular flexibility index (Phi) is 4.77. The highest BCUT2D eigenvalue weighted by atomic mass is 16.6. The number of nitro benzene ring substituents is 1. The summed E-state index contributed by atoms with van der Waals surface area (Å²) in [4.78, 5) is 21.8. The lowest BCUT2D eigenvalue weighted by molar-refractivity contribution is -0.384. The molecule has 6 nitrogen and oxygen atoms in total. The quantitative estimate of drug-likeness (QED) is 0.506. The SMILES string of the molecule is CC1CCCC(Nc2ccc(C(N)=O)cc2[N+](=O)[O-])CC1. The first-order chi connectivity index (χ1) is 9.97. The molecule has 21 heavy (non-hydrogen) atoms. The third-order valence-electron chi connectivity index (χ3n) is 4.10. The van der Waals surface area contributed by atoms with Gasteiger partial charge in [0.15, 0.2) is 0 Å². The van der Waals surface area contributed by atoms with E-state index in [1.165, 1.54) is 18.6 Å². The first kappa shape index (κ1) is 15.3. The normalized spacial score (nSPS) is 22.3. The minimum atomic E-state index is -0.659. The van der Waals surface area contributed by atoms with Crippen LogP contribution in [0.5, 0.6) is 0 Å². The fourth-order valence-electron chi connectivity index (χ4n) is 2.81. The molecule has 1 aromatic carbocycles. The van der Waals surface area contributed by atoms with Gasteiger partial charge in [-0.1, -0.05) is 19.8 Å². The second kappa shape index (κ2) is 6.56. The van der Waals surface area contributed by atoms with Crippen molar-refractivity contribution in [2.24, 2.45) is 11.7 Å². The number of rotatable bonds is 4. The predicted octanol–water partition coefficient (Wildman–Crippen LogP) is 3.07. The van der Waals surface area contributed by atoms with Gasteiger partial charge in [-0.15, -0.1) is 0 Å². The van der Waals surface area contributed by atoms with Gasteiger partial charge in [-0.2, -0.15) is 0 Å². The van der Waals surface area contributed by atoms with Crippen LogP contribution in [0.2, 0.25) is 0 Å². The number of nitrogens with one attached hydrogen (secondary N) is 1. The van der Waals surface area contributed by atoms with E-state index in [2.05, 4.69) is 12.2 Å². The number of primary amides is 1. The average molecular weight is 291 g/mol. The summed E-state index contributed by atoms with van der Waals surface area (Å²) in [5.41, 5.74) is 5.69. The Labute approximate surface area is 123 Å². The van der Waals surface area contributed by atoms with E-state index in [0.29, 0.717) is 11.6 Å². The molecule has 1 saturated carbocycles. The van der Waals surface area contributed by atoms with Gasteiger partial charge in [0.1, 0.15) is 5.69 Å². The first-order valence-corrected chi connectivity index (χ1v) is 7.32. The van der Waals surface area contributed by atoms with Gasteiger partial charge in [0.25, 0.3) is 5.69 Å². The lowest BCUT2D eigenvalue weighted by Gasteiger charge is -2.18. The largest absolute Gasteiger partial charge is 0.377 e. The predicted molar refractivity (Wildman–Crippen MR) is 81.3 cm³/mol. The molecule has 1 aliphatic carbocycles. The smallest absolute Gasteiger partial charge is 0.293 e. The minimum absolute atomic E-state index is 0.0939. The summed E-state index contributed by atoms with van der Waals surface area (Å²) in [6.45, 7) is 2.24. The van der Waals surface area contributed by atoms with Gasteiger partial charge in [-0.05, 0) is 37.3 Å². The molecule has 2 rings (SSSR count). The topological polar surface area (TPSA) is 98.3 Å². The maximum absolute atomic E-state index is 11.2. The number of anilines is 1. The van der Waals surface area contributed by atoms with Crippen LogP contribution in [0.15, 0.2) is 18.2 Å². The summed E-state index contributed by atoms with van der Waals surface area (Å²) in [5, 5.41) is 14.4. The number of carbonyl (C=O) groups excluding carboxylic acids is 1. The standard InChI is InChI=1S/C15H21N3O3/c1-10-3-2-4-12(7-5-10)17-13-8-6-11(15(16)19)9-14(13)18(20)21/h6,8-10,12,17H,2-5,7H2,1H3,(H2,16,19). The van der Waals surface area contributed by atoms with Crippen molar-refractivity contribution >= 4 is 17.3 Å². The zero-order valence-corrected chi connectivity index (χ0v) is 12.2. The molecule has 0 saturated heterocycles. The zero-order valence-electron chi connectivity index (χ0n) is 12.2. The average Bonchev–Trinajstić information content (AvgIpc) is 2.63. The molecule has 114 valence electrons. The van der Waals surface area contributed by atoms with E-state index in [1.54, 1.807) is 6.07 Å². The van der Waals surface area contributed by atoms with E-state index in [0.717, 1.165) is 25.7 Å². The molecule has 1 fully saturated rings. The van der Waals surface area contributed by atoms with Crippen LogP contribution in [0.4, 0.5) is 11.4 Å². The monoisotopic (exact) mass is 291 g/mol. The fourth-order valence-corrected chi connectivity index (χ4v) is 2.81. The molecule has 1 aromatic rings. The van der Waals surface area contributed by atoms with Crippen LogP contribution in [-0.2, 0) is 0 Å². The van der Waals surface area contributed by atoms with E-state index in [1.807, 2.05) is 0 Å². The van der Waals surface area contributed by atoms with Crippen molar-refractivity contribution in [2.45, 2.75) is 45.1 Å². The lowest BCUT2D eigenvalue weighted by atomic mass is 10.0. The number of nitrogens with two attached hydrogens (primary N) is 1. The van der Waals surface area contributed by atoms with Crippen molar-refractivity contribution in [2.75, 3.05) is 5.32 Å². The Morgan fingerprint density at radius 2 is 2.10 bits per heavy atom. The number of nitrogens with zero attached hydrogens (tertiary/aromatic N) is 1. The Morgan fingerprint density at radius 1 is 1.33 bits per heavy atom. The van der Waals surface area contributed by atoms with Gasteiger partial charge in [-0.25, -0.2) is 0 Å². The van der Waals surface area contributed by atoms with Gasteiger partial charge in [0.2, 0.25) is 5.91 Å². The molecule has 0 bridgehead atoms. The summed E-state index contributed by atoms with van der Waals surface area (Å²) in [6, 6.07) is 4.58. The van der Waals surface area contributed by atoms with Crippen LogP contribution >= 0.6 is 0 Å². The van der Waals surface area contributed by atoms with Crippen LogP contribution < -0.4 is 11.1 Å². The van der Waals surface area contributed by atoms with Crippen molar-refractivity contribution in [3.8, 4) is 0 Å². The van der Waals surface area contributed by atoms with Gasteiger partial charge in [-0.3, -0.25) is 14.9 Å². The molecular formula is C15H21N3O3. The van der Waals surface area contributed by atoms with E-state index >= 15 is 0 Å². The third kappa shape index (κ3) is 3.93. The highest BCUT2D eigenvalue weighted by molar-refractivity contribution is 5.94. The number of amides is 1. The molecule has 2 atom stereocenters. The van der Waals surface area contributed by atoms with Gasteiger partial charge >= 0.3 is 0 Å². The van der Waals surface area contributed by atoms with Crippen molar-refractivity contribution in [1.29, 1.82) is 0 Å². The summed E-state index contributed by atoms with van der Waals surface area (Å²) in [7, 11) is 0. The van der Waals surface area contributed by atoms with E-state index in [-0.39, 0.29) is 17.3 Å². The maximum Gasteiger partial charge on any atom is 0.293 e. The highest BCUT2D eigenvalue weighted by Crippen LogP contribution is 2.30. The first-order valence-electron chi connectivity index (χ1n) is 7.32. The van der Waals surface area contributed by atoms with Crippen molar-refractivity contribution in [3.05, 3.63) is 33.9 Å². The molecule has 2 unspecified atom stereocenters. The molecule has 0 aromatic heterocycles. The Balaban J connectivity index is 2.18. The summed E-state index contributed by atoms with van der Waals surface area (Å²) < 4.78 is 0. The van der Waals surface area contributed by atoms with Crippen LogP contribution in [-0.4, -0.2) is 16.9 Å². The molecule has 6 heteroatoms. The van der Waals surface area contributed by atoms with E-state index in [4.69, 9.17) is 5.73 Å². The van der Waals surface area contributed by atoms with Gasteiger partial charge < -0.3 is 11.1 Å². The lowest BCUT2D eigenvalue weighted by Crippen LogP contribution is -2.19. The summed E-state index contributed by atoms with van der Waals surface area (Å²) >= 11 is 0. The molecule has 1 aliphatic rings. The molecule has 0 spiro atoms. The third-order valence-corrected chi connectivity index (χ3v) is 4.10. The number of hydrogen-bond donors (Lipinski definition) is 2. The van der Waals surface area contributed by atoms with Crippen molar-refractivity contribution in [3.63, 3.8) is 0 Å². The summed E-state index contributed by atoms with van der Waals surface area (Å²) in [6.07, 6.45) is 5.49. The van der Waals surface area contributed by atoms with E-state index < -0.39 is 10.8 Å². The second-order valence-corrected chi connectivity index (χ2v) is 5.81. The van der Waals surface area contributed by atoms with E-state index in [9.17, 15) is 14.9 Å². The number of benzene rings is 1. The number of nitro groups is 1. The molecule has 3 N–H and O–H groups in total. The number of carbonyl (C=O) groups is 1. The fraction of sp³-hybridized carbons (Fsp3) is 0.533. The van der Waals surface area contributed by atoms with Gasteiger partial charge in [0, 0.05) is 17.7 Å². The Hall–Kier alpha value is -2.11. The van der Waals surface area contributed by atoms with Crippen LogP contribution in [0.3, 0.4) is 0 Å². The molecular weight excluding hydrogens is 270 g/mol. The molecule has 0 aliphatic heterocycles. The van der Waals surface area contributed by atoms with Crippen molar-refractivity contribution in [1.82, 2.24) is 0 Å². The van der Waals surface area contributed by atoms with Crippen molar-refractivity contribution < 1.29 is 9.72 Å². The maximum atomic E-state index is 11.2. The summed E-state index contributed by atoms with van der Waals surface area (Å²) in [5.74, 6) is 0.0527. The molecule has 1 amide bonds. The zero-order chi connectivity index (χ0) is 15.4. The van der Waals surface area contributed by atoms with Crippen LogP contribution in [0.25, 0.3) is 0 Å². The van der Waals surface area contributed by atoms with Gasteiger partial charge in [0.05, 0.1) is 4.92 Å².